The fraction of sp³-hybridized carbons (Fsp3) is 0.565. The van der Waals surface area contributed by atoms with Crippen molar-refractivity contribution < 1.29 is 13.9 Å². The van der Waals surface area contributed by atoms with Crippen molar-refractivity contribution in [2.75, 3.05) is 25.6 Å². The van der Waals surface area contributed by atoms with Gasteiger partial charge in [-0.15, -0.1) is 0 Å². The number of aromatic nitrogens is 2. The largest absolute Gasteiger partial charge is 0.386 e. The molecule has 0 aliphatic heterocycles. The van der Waals surface area contributed by atoms with Crippen LogP contribution >= 0.6 is 0 Å². The van der Waals surface area contributed by atoms with E-state index in [1.807, 2.05) is 20.8 Å². The average Bonchev–Trinajstić information content (AvgIpc) is 2.73. The van der Waals surface area contributed by atoms with E-state index in [0.717, 1.165) is 25.7 Å². The lowest BCUT2D eigenvalue weighted by atomic mass is 9.90. The van der Waals surface area contributed by atoms with Crippen molar-refractivity contribution in [2.45, 2.75) is 58.5 Å². The zero-order valence-corrected chi connectivity index (χ0v) is 19.2. The molecule has 9 heteroatoms. The Morgan fingerprint density at radius 3 is 2.75 bits per heavy atom. The predicted molar refractivity (Wildman–Crippen MR) is 124 cm³/mol. The first-order valence-corrected chi connectivity index (χ1v) is 11.0. The molecule has 0 bridgehead atoms. The van der Waals surface area contributed by atoms with Gasteiger partial charge in [0, 0.05) is 25.1 Å². The summed E-state index contributed by atoms with van der Waals surface area (Å²) >= 11 is 0. The van der Waals surface area contributed by atoms with Gasteiger partial charge in [-0.1, -0.05) is 33.6 Å². The summed E-state index contributed by atoms with van der Waals surface area (Å²) in [6.45, 7) is 6.84. The number of anilines is 1. The lowest BCUT2D eigenvalue weighted by molar-refractivity contribution is 0.0929. The third kappa shape index (κ3) is 6.35. The fourth-order valence-corrected chi connectivity index (χ4v) is 3.74. The van der Waals surface area contributed by atoms with Crippen molar-refractivity contribution >= 4 is 28.5 Å². The molecular formula is C23H33FN6O2. The highest BCUT2D eigenvalue weighted by molar-refractivity contribution is 5.96. The van der Waals surface area contributed by atoms with E-state index < -0.39 is 5.82 Å². The number of hydrogen-bond donors (Lipinski definition) is 3. The lowest BCUT2D eigenvalue weighted by Gasteiger charge is -2.30. The summed E-state index contributed by atoms with van der Waals surface area (Å²) in [5, 5.41) is 6.82. The second-order valence-electron chi connectivity index (χ2n) is 9.46. The molecule has 0 spiro atoms. The molecule has 2 aromatic rings. The quantitative estimate of drug-likeness (QED) is 0.446. The van der Waals surface area contributed by atoms with Gasteiger partial charge in [-0.3, -0.25) is 9.79 Å². The van der Waals surface area contributed by atoms with E-state index in [4.69, 9.17) is 10.5 Å². The first-order valence-electron chi connectivity index (χ1n) is 11.0. The minimum atomic E-state index is -0.392. The zero-order chi connectivity index (χ0) is 23.3. The van der Waals surface area contributed by atoms with Crippen LogP contribution in [0.5, 0.6) is 0 Å². The summed E-state index contributed by atoms with van der Waals surface area (Å²) in [6, 6.07) is 4.16. The molecule has 1 aromatic heterocycles. The van der Waals surface area contributed by atoms with Gasteiger partial charge in [0.05, 0.1) is 11.6 Å². The summed E-state index contributed by atoms with van der Waals surface area (Å²) < 4.78 is 19.1. The van der Waals surface area contributed by atoms with Crippen LogP contribution in [0.2, 0.25) is 0 Å². The Bertz CT molecular complexity index is 988. The summed E-state index contributed by atoms with van der Waals surface area (Å²) in [7, 11) is 1.58. The Morgan fingerprint density at radius 1 is 1.28 bits per heavy atom. The van der Waals surface area contributed by atoms with E-state index in [1.54, 1.807) is 13.2 Å². The molecular weight excluding hydrogens is 411 g/mol. The van der Waals surface area contributed by atoms with Crippen LogP contribution in [0.25, 0.3) is 10.9 Å². The van der Waals surface area contributed by atoms with Crippen LogP contribution in [0.3, 0.4) is 0 Å². The SMILES string of the molecule is COCC(N)=N[C@@H]1CCCC[C@@H]1Nc1nc(C(=O)NCC(C)(C)C)nc2ccc(F)cc12. The lowest BCUT2D eigenvalue weighted by Crippen LogP contribution is -2.38. The highest BCUT2D eigenvalue weighted by atomic mass is 19.1. The molecule has 1 amide bonds. The topological polar surface area (TPSA) is 115 Å². The number of amides is 1. The molecule has 4 N–H and O–H groups in total. The normalized spacial score (nSPS) is 19.7. The van der Waals surface area contributed by atoms with Gasteiger partial charge in [0.2, 0.25) is 5.82 Å². The average molecular weight is 445 g/mol. The van der Waals surface area contributed by atoms with E-state index in [0.29, 0.717) is 29.1 Å². The number of fused-ring (bicyclic) bond motifs is 1. The molecule has 174 valence electrons. The van der Waals surface area contributed by atoms with Crippen LogP contribution in [-0.4, -0.2) is 54.1 Å². The number of nitrogens with zero attached hydrogens (tertiary/aromatic N) is 3. The van der Waals surface area contributed by atoms with Crippen molar-refractivity contribution in [3.05, 3.63) is 29.8 Å². The van der Waals surface area contributed by atoms with Crippen molar-refractivity contribution in [2.24, 2.45) is 16.1 Å². The van der Waals surface area contributed by atoms with Crippen molar-refractivity contribution in [1.29, 1.82) is 0 Å². The van der Waals surface area contributed by atoms with Crippen LogP contribution < -0.4 is 16.4 Å². The molecule has 2 atom stereocenters. The number of nitrogens with one attached hydrogen (secondary N) is 2. The van der Waals surface area contributed by atoms with E-state index in [9.17, 15) is 9.18 Å². The van der Waals surface area contributed by atoms with E-state index >= 15 is 0 Å². The minimum absolute atomic E-state index is 0.0469. The molecule has 1 saturated carbocycles. The molecule has 0 unspecified atom stereocenters. The molecule has 3 rings (SSSR count). The maximum atomic E-state index is 14.0. The third-order valence-electron chi connectivity index (χ3n) is 5.32. The Labute approximate surface area is 188 Å². The number of carbonyl (C=O) groups is 1. The number of nitrogens with two attached hydrogens (primary N) is 1. The number of benzene rings is 1. The van der Waals surface area contributed by atoms with Crippen molar-refractivity contribution in [1.82, 2.24) is 15.3 Å². The molecule has 0 saturated heterocycles. The van der Waals surface area contributed by atoms with Crippen molar-refractivity contribution in [3.63, 3.8) is 0 Å². The maximum Gasteiger partial charge on any atom is 0.289 e. The summed E-state index contributed by atoms with van der Waals surface area (Å²) in [5.41, 5.74) is 6.40. The molecule has 1 heterocycles. The predicted octanol–water partition coefficient (Wildman–Crippen LogP) is 3.27. The Kier molecular flexibility index (Phi) is 7.60. The van der Waals surface area contributed by atoms with Gasteiger partial charge in [0.1, 0.15) is 24.1 Å². The van der Waals surface area contributed by atoms with Gasteiger partial charge >= 0.3 is 0 Å². The maximum absolute atomic E-state index is 14.0. The third-order valence-corrected chi connectivity index (χ3v) is 5.32. The summed E-state index contributed by atoms with van der Waals surface area (Å²) in [4.78, 5) is 26.2. The fourth-order valence-electron chi connectivity index (χ4n) is 3.74. The molecule has 1 fully saturated rings. The van der Waals surface area contributed by atoms with Gasteiger partial charge in [-0.05, 0) is 36.5 Å². The Morgan fingerprint density at radius 2 is 2.03 bits per heavy atom. The molecule has 1 aliphatic carbocycles. The number of halogens is 1. The van der Waals surface area contributed by atoms with Crippen molar-refractivity contribution in [3.8, 4) is 0 Å². The van der Waals surface area contributed by atoms with Crippen LogP contribution in [0.4, 0.5) is 10.2 Å². The van der Waals surface area contributed by atoms with E-state index in [1.165, 1.54) is 12.1 Å². The summed E-state index contributed by atoms with van der Waals surface area (Å²) in [6.07, 6.45) is 3.82. The van der Waals surface area contributed by atoms with E-state index in [2.05, 4.69) is 25.6 Å². The van der Waals surface area contributed by atoms with Gasteiger partial charge < -0.3 is 21.1 Å². The van der Waals surface area contributed by atoms with Gasteiger partial charge in [0.15, 0.2) is 0 Å². The van der Waals surface area contributed by atoms with Gasteiger partial charge in [-0.2, -0.15) is 0 Å². The highest BCUT2D eigenvalue weighted by Gasteiger charge is 2.27. The summed E-state index contributed by atoms with van der Waals surface area (Å²) in [5.74, 6) is 0.152. The minimum Gasteiger partial charge on any atom is -0.386 e. The zero-order valence-electron chi connectivity index (χ0n) is 19.2. The second-order valence-corrected chi connectivity index (χ2v) is 9.46. The second kappa shape index (κ2) is 10.2. The van der Waals surface area contributed by atoms with Crippen LogP contribution in [-0.2, 0) is 4.74 Å². The Balaban J connectivity index is 1.93. The number of ether oxygens (including phenoxy) is 1. The molecule has 0 radical (unpaired) electrons. The molecule has 32 heavy (non-hydrogen) atoms. The van der Waals surface area contributed by atoms with Crippen LogP contribution in [0.1, 0.15) is 57.1 Å². The Hall–Kier alpha value is -2.81. The van der Waals surface area contributed by atoms with Crippen LogP contribution in [0.15, 0.2) is 23.2 Å². The highest BCUT2D eigenvalue weighted by Crippen LogP contribution is 2.28. The number of rotatable bonds is 7. The smallest absolute Gasteiger partial charge is 0.289 e. The first-order chi connectivity index (χ1) is 15.2. The van der Waals surface area contributed by atoms with E-state index in [-0.39, 0.29) is 35.8 Å². The van der Waals surface area contributed by atoms with Crippen LogP contribution in [0, 0.1) is 11.2 Å². The number of carbonyl (C=O) groups excluding carboxylic acids is 1. The molecule has 1 aliphatic rings. The first kappa shape index (κ1) is 23.8. The van der Waals surface area contributed by atoms with Gasteiger partial charge in [-0.25, -0.2) is 14.4 Å². The van der Waals surface area contributed by atoms with Gasteiger partial charge in [0.25, 0.3) is 5.91 Å². The number of amidine groups is 1. The number of methoxy groups -OCH3 is 1. The number of aliphatic imine (C=N–C) groups is 1. The number of hydrogen-bond acceptors (Lipinski definition) is 6. The monoisotopic (exact) mass is 444 g/mol. The standard InChI is InChI=1S/C23H33FN6O2/c1-23(2,3)13-26-22(31)21-28-16-10-9-14(24)11-15(16)20(30-21)29-18-8-6-5-7-17(18)27-19(25)12-32-4/h9-11,17-18H,5-8,12-13H2,1-4H3,(H2,25,27)(H,26,31)(H,28,29,30)/t17-,18+/m1/s1. The molecule has 8 nitrogen and oxygen atoms in total. The molecule has 1 aromatic carbocycles.